The highest BCUT2D eigenvalue weighted by Gasteiger charge is 2.40. The Bertz CT molecular complexity index is 236. The smallest absolute Gasteiger partial charge is 0.0103 e. The van der Waals surface area contributed by atoms with Crippen molar-refractivity contribution in [3.05, 3.63) is 0 Å². The van der Waals surface area contributed by atoms with Crippen LogP contribution in [-0.4, -0.2) is 12.1 Å². The van der Waals surface area contributed by atoms with Gasteiger partial charge in [0.2, 0.25) is 0 Å². The van der Waals surface area contributed by atoms with Gasteiger partial charge in [-0.1, -0.05) is 40.5 Å². The standard InChI is InChI=1S/C16H31N/c1-5-6-13-10-15(13)17-16-9-12(4)7-8-14(16)11(2)3/h11-17H,5-10H2,1-4H3. The molecule has 0 amide bonds. The lowest BCUT2D eigenvalue weighted by atomic mass is 9.74. The van der Waals surface area contributed by atoms with E-state index in [2.05, 4.69) is 33.0 Å². The van der Waals surface area contributed by atoms with Crippen LogP contribution in [0.5, 0.6) is 0 Å². The van der Waals surface area contributed by atoms with Gasteiger partial charge in [0.05, 0.1) is 0 Å². The minimum Gasteiger partial charge on any atom is -0.311 e. The maximum atomic E-state index is 3.99. The van der Waals surface area contributed by atoms with Crippen molar-refractivity contribution in [2.24, 2.45) is 23.7 Å². The highest BCUT2D eigenvalue weighted by atomic mass is 15.0. The molecule has 0 aromatic heterocycles. The van der Waals surface area contributed by atoms with Gasteiger partial charge in [0.15, 0.2) is 0 Å². The van der Waals surface area contributed by atoms with Gasteiger partial charge in [-0.2, -0.15) is 0 Å². The molecule has 1 N–H and O–H groups in total. The van der Waals surface area contributed by atoms with Crippen molar-refractivity contribution >= 4 is 0 Å². The summed E-state index contributed by atoms with van der Waals surface area (Å²) in [6, 6.07) is 1.68. The Morgan fingerprint density at radius 1 is 1.12 bits per heavy atom. The zero-order valence-electron chi connectivity index (χ0n) is 12.2. The second-order valence-electron chi connectivity index (χ2n) is 6.99. The maximum absolute atomic E-state index is 3.99. The molecular weight excluding hydrogens is 206 g/mol. The minimum atomic E-state index is 0.811. The Balaban J connectivity index is 1.83. The molecule has 17 heavy (non-hydrogen) atoms. The first-order valence-corrected chi connectivity index (χ1v) is 7.87. The average Bonchev–Trinajstić information content (AvgIpc) is 2.96. The van der Waals surface area contributed by atoms with Gasteiger partial charge in [-0.15, -0.1) is 0 Å². The van der Waals surface area contributed by atoms with Crippen molar-refractivity contribution in [3.8, 4) is 0 Å². The topological polar surface area (TPSA) is 12.0 Å². The SMILES string of the molecule is CCCC1CC1NC1CC(C)CCC1C(C)C. The van der Waals surface area contributed by atoms with Crippen LogP contribution in [0, 0.1) is 23.7 Å². The molecule has 0 aromatic carbocycles. The summed E-state index contributed by atoms with van der Waals surface area (Å²) in [4.78, 5) is 0. The Hall–Kier alpha value is -0.0400. The Kier molecular flexibility index (Phi) is 4.52. The monoisotopic (exact) mass is 237 g/mol. The van der Waals surface area contributed by atoms with Crippen molar-refractivity contribution in [3.63, 3.8) is 0 Å². The van der Waals surface area contributed by atoms with Gasteiger partial charge in [0.25, 0.3) is 0 Å². The summed E-state index contributed by atoms with van der Waals surface area (Å²) < 4.78 is 0. The summed E-state index contributed by atoms with van der Waals surface area (Å²) in [7, 11) is 0. The van der Waals surface area contributed by atoms with E-state index in [1.807, 2.05) is 0 Å². The van der Waals surface area contributed by atoms with Gasteiger partial charge < -0.3 is 5.32 Å². The molecule has 2 rings (SSSR count). The first kappa shape index (κ1) is 13.4. The molecule has 0 aromatic rings. The predicted octanol–water partition coefficient (Wildman–Crippen LogP) is 4.23. The van der Waals surface area contributed by atoms with Crippen LogP contribution in [0.15, 0.2) is 0 Å². The Morgan fingerprint density at radius 3 is 2.53 bits per heavy atom. The number of nitrogens with one attached hydrogen (secondary N) is 1. The van der Waals surface area contributed by atoms with Crippen LogP contribution in [0.25, 0.3) is 0 Å². The molecule has 2 aliphatic carbocycles. The molecule has 2 fully saturated rings. The third-order valence-corrected chi connectivity index (χ3v) is 5.03. The third-order valence-electron chi connectivity index (χ3n) is 5.03. The van der Waals surface area contributed by atoms with Gasteiger partial charge in [-0.05, 0) is 49.4 Å². The van der Waals surface area contributed by atoms with Crippen LogP contribution < -0.4 is 5.32 Å². The zero-order valence-corrected chi connectivity index (χ0v) is 12.2. The van der Waals surface area contributed by atoms with E-state index < -0.39 is 0 Å². The lowest BCUT2D eigenvalue weighted by Gasteiger charge is -2.38. The summed E-state index contributed by atoms with van der Waals surface area (Å²) >= 11 is 0. The number of hydrogen-bond acceptors (Lipinski definition) is 1. The van der Waals surface area contributed by atoms with Crippen molar-refractivity contribution in [1.29, 1.82) is 0 Å². The molecular formula is C16H31N. The van der Waals surface area contributed by atoms with Crippen LogP contribution in [0.2, 0.25) is 0 Å². The van der Waals surface area contributed by atoms with E-state index in [4.69, 9.17) is 0 Å². The van der Waals surface area contributed by atoms with Crippen LogP contribution in [0.3, 0.4) is 0 Å². The molecule has 1 nitrogen and oxygen atoms in total. The number of rotatable bonds is 5. The summed E-state index contributed by atoms with van der Waals surface area (Å²) in [5.74, 6) is 3.72. The van der Waals surface area contributed by atoms with E-state index in [0.717, 1.165) is 35.8 Å². The summed E-state index contributed by atoms with van der Waals surface area (Å²) in [5.41, 5.74) is 0. The van der Waals surface area contributed by atoms with Crippen molar-refractivity contribution < 1.29 is 0 Å². The lowest BCUT2D eigenvalue weighted by molar-refractivity contribution is 0.167. The first-order chi connectivity index (χ1) is 8.11. The van der Waals surface area contributed by atoms with Crippen LogP contribution >= 0.6 is 0 Å². The molecule has 0 heterocycles. The van der Waals surface area contributed by atoms with E-state index in [1.165, 1.54) is 38.5 Å². The van der Waals surface area contributed by atoms with Crippen molar-refractivity contribution in [2.45, 2.75) is 78.3 Å². The lowest BCUT2D eigenvalue weighted by Crippen LogP contribution is -2.44. The van der Waals surface area contributed by atoms with E-state index in [-0.39, 0.29) is 0 Å². The van der Waals surface area contributed by atoms with E-state index >= 15 is 0 Å². The normalized spacial score (nSPS) is 41.8. The Morgan fingerprint density at radius 2 is 1.88 bits per heavy atom. The van der Waals surface area contributed by atoms with Crippen LogP contribution in [0.4, 0.5) is 0 Å². The molecule has 0 aliphatic heterocycles. The van der Waals surface area contributed by atoms with E-state index in [1.54, 1.807) is 0 Å². The second kappa shape index (κ2) is 5.73. The predicted molar refractivity (Wildman–Crippen MR) is 75.1 cm³/mol. The first-order valence-electron chi connectivity index (χ1n) is 7.87. The van der Waals surface area contributed by atoms with Crippen LogP contribution in [-0.2, 0) is 0 Å². The van der Waals surface area contributed by atoms with Gasteiger partial charge in [-0.3, -0.25) is 0 Å². The molecule has 0 bridgehead atoms. The molecule has 1 heteroatoms. The number of hydrogen-bond donors (Lipinski definition) is 1. The van der Waals surface area contributed by atoms with Crippen molar-refractivity contribution in [1.82, 2.24) is 5.32 Å². The molecule has 0 saturated heterocycles. The second-order valence-corrected chi connectivity index (χ2v) is 6.99. The fraction of sp³-hybridized carbons (Fsp3) is 1.00. The van der Waals surface area contributed by atoms with E-state index in [0.29, 0.717) is 0 Å². The zero-order chi connectivity index (χ0) is 12.4. The fourth-order valence-electron chi connectivity index (χ4n) is 3.81. The van der Waals surface area contributed by atoms with Crippen molar-refractivity contribution in [2.75, 3.05) is 0 Å². The molecule has 2 aliphatic rings. The molecule has 100 valence electrons. The quantitative estimate of drug-likeness (QED) is 0.754. The Labute approximate surface area is 108 Å². The highest BCUT2D eigenvalue weighted by Crippen LogP contribution is 2.39. The van der Waals surface area contributed by atoms with Gasteiger partial charge in [0, 0.05) is 12.1 Å². The largest absolute Gasteiger partial charge is 0.311 e. The summed E-state index contributed by atoms with van der Waals surface area (Å²) in [6.07, 6.45) is 8.55. The molecule has 5 unspecified atom stereocenters. The fourth-order valence-corrected chi connectivity index (χ4v) is 3.81. The van der Waals surface area contributed by atoms with Gasteiger partial charge in [-0.25, -0.2) is 0 Å². The maximum Gasteiger partial charge on any atom is 0.0103 e. The summed E-state index contributed by atoms with van der Waals surface area (Å²) in [5, 5.41) is 3.99. The van der Waals surface area contributed by atoms with E-state index in [9.17, 15) is 0 Å². The van der Waals surface area contributed by atoms with Gasteiger partial charge in [0.1, 0.15) is 0 Å². The van der Waals surface area contributed by atoms with Crippen LogP contribution in [0.1, 0.15) is 66.2 Å². The summed E-state index contributed by atoms with van der Waals surface area (Å²) in [6.45, 7) is 9.56. The molecule has 0 spiro atoms. The third kappa shape index (κ3) is 3.47. The molecule has 0 radical (unpaired) electrons. The highest BCUT2D eigenvalue weighted by molar-refractivity contribution is 4.97. The minimum absolute atomic E-state index is 0.811. The van der Waals surface area contributed by atoms with Gasteiger partial charge >= 0.3 is 0 Å². The molecule has 5 atom stereocenters. The average molecular weight is 237 g/mol. The molecule has 2 saturated carbocycles.